The number of halogens is 2. The van der Waals surface area contributed by atoms with E-state index in [-0.39, 0.29) is 30.6 Å². The molecule has 0 fully saturated rings. The first-order chi connectivity index (χ1) is 11.2. The van der Waals surface area contributed by atoms with Crippen molar-refractivity contribution in [2.24, 2.45) is 4.99 Å². The summed E-state index contributed by atoms with van der Waals surface area (Å²) in [4.78, 5) is 4.49. The average Bonchev–Trinajstić information content (AvgIpc) is 2.59. The highest BCUT2D eigenvalue weighted by Gasteiger charge is 2.03. The van der Waals surface area contributed by atoms with E-state index in [0.29, 0.717) is 24.6 Å². The molecule has 0 spiro atoms. The molecular weight excluding hydrogens is 420 g/mol. The predicted molar refractivity (Wildman–Crippen MR) is 106 cm³/mol. The minimum Gasteiger partial charge on any atom is -0.392 e. The third kappa shape index (κ3) is 6.45. The molecule has 2 rings (SSSR count). The van der Waals surface area contributed by atoms with E-state index in [1.807, 2.05) is 37.3 Å². The van der Waals surface area contributed by atoms with E-state index in [2.05, 4.69) is 15.6 Å². The molecule has 0 aromatic heterocycles. The van der Waals surface area contributed by atoms with Crippen LogP contribution in [0.25, 0.3) is 0 Å². The number of aliphatic imine (C=N–C) groups is 1. The Bertz CT molecular complexity index is 650. The Balaban J connectivity index is 0.00000288. The molecule has 3 N–H and O–H groups in total. The lowest BCUT2D eigenvalue weighted by molar-refractivity contribution is 0.275. The molecule has 0 aliphatic carbocycles. The molecule has 0 amide bonds. The number of guanidine groups is 1. The van der Waals surface area contributed by atoms with Crippen LogP contribution < -0.4 is 10.6 Å². The predicted octanol–water partition coefficient (Wildman–Crippen LogP) is 3.19. The molecule has 0 bridgehead atoms. The molecule has 0 unspecified atom stereocenters. The van der Waals surface area contributed by atoms with Crippen LogP contribution in [0, 0.1) is 5.82 Å². The Hall–Kier alpha value is -1.67. The minimum absolute atomic E-state index is 0. The zero-order chi connectivity index (χ0) is 16.5. The standard InChI is InChI=1S/C18H22FN3O.HI/c1-2-20-18(21-11-14-6-4-3-5-7-14)22-12-15-8-9-17(19)16(10-15)13-23;/h3-10,23H,2,11-13H2,1H3,(H2,20,21,22);1H. The lowest BCUT2D eigenvalue weighted by atomic mass is 10.1. The first-order valence-corrected chi connectivity index (χ1v) is 7.67. The lowest BCUT2D eigenvalue weighted by Gasteiger charge is -2.11. The number of hydrogen-bond donors (Lipinski definition) is 3. The summed E-state index contributed by atoms with van der Waals surface area (Å²) < 4.78 is 13.4. The van der Waals surface area contributed by atoms with Crippen LogP contribution in [-0.4, -0.2) is 17.6 Å². The summed E-state index contributed by atoms with van der Waals surface area (Å²) in [7, 11) is 0. The first kappa shape index (κ1) is 20.4. The zero-order valence-corrected chi connectivity index (χ0v) is 16.0. The molecule has 0 radical (unpaired) electrons. The number of nitrogens with one attached hydrogen (secondary N) is 2. The van der Waals surface area contributed by atoms with Crippen molar-refractivity contribution in [2.75, 3.05) is 6.54 Å². The Kier molecular flexibility index (Phi) is 9.33. The molecule has 0 saturated carbocycles. The average molecular weight is 443 g/mol. The van der Waals surface area contributed by atoms with Gasteiger partial charge in [-0.25, -0.2) is 9.38 Å². The summed E-state index contributed by atoms with van der Waals surface area (Å²) in [5.41, 5.74) is 2.31. The fraction of sp³-hybridized carbons (Fsp3) is 0.278. The van der Waals surface area contributed by atoms with Crippen LogP contribution >= 0.6 is 24.0 Å². The van der Waals surface area contributed by atoms with Gasteiger partial charge in [-0.1, -0.05) is 36.4 Å². The number of rotatable bonds is 6. The molecule has 2 aromatic carbocycles. The monoisotopic (exact) mass is 443 g/mol. The third-order valence-electron chi connectivity index (χ3n) is 3.35. The van der Waals surface area contributed by atoms with Gasteiger partial charge >= 0.3 is 0 Å². The molecule has 0 aliphatic rings. The second kappa shape index (κ2) is 11.0. The Morgan fingerprint density at radius 1 is 1.08 bits per heavy atom. The maximum absolute atomic E-state index is 13.4. The molecule has 0 aliphatic heterocycles. The summed E-state index contributed by atoms with van der Waals surface area (Å²) in [6.45, 7) is 3.54. The minimum atomic E-state index is -0.394. The van der Waals surface area contributed by atoms with Gasteiger partial charge in [0, 0.05) is 18.7 Å². The third-order valence-corrected chi connectivity index (χ3v) is 3.35. The van der Waals surface area contributed by atoms with E-state index in [1.165, 1.54) is 11.6 Å². The maximum Gasteiger partial charge on any atom is 0.191 e. The van der Waals surface area contributed by atoms with Crippen LogP contribution in [0.3, 0.4) is 0 Å². The van der Waals surface area contributed by atoms with Gasteiger partial charge in [0.2, 0.25) is 0 Å². The largest absolute Gasteiger partial charge is 0.392 e. The van der Waals surface area contributed by atoms with Crippen LogP contribution in [0.4, 0.5) is 4.39 Å². The van der Waals surface area contributed by atoms with Crippen LogP contribution in [0.1, 0.15) is 23.6 Å². The van der Waals surface area contributed by atoms with Gasteiger partial charge in [-0.3, -0.25) is 0 Å². The Morgan fingerprint density at radius 3 is 2.50 bits per heavy atom. The van der Waals surface area contributed by atoms with Gasteiger partial charge < -0.3 is 15.7 Å². The van der Waals surface area contributed by atoms with Crippen molar-refractivity contribution in [1.82, 2.24) is 10.6 Å². The van der Waals surface area contributed by atoms with Gasteiger partial charge in [-0.15, -0.1) is 24.0 Å². The van der Waals surface area contributed by atoms with Crippen LogP contribution in [0.5, 0.6) is 0 Å². The Labute approximate surface area is 159 Å². The summed E-state index contributed by atoms with van der Waals surface area (Å²) >= 11 is 0. The van der Waals surface area contributed by atoms with Gasteiger partial charge in [0.15, 0.2) is 5.96 Å². The molecule has 0 saturated heterocycles. The van der Waals surface area contributed by atoms with E-state index in [4.69, 9.17) is 5.11 Å². The maximum atomic E-state index is 13.4. The second-order valence-electron chi connectivity index (χ2n) is 5.12. The molecule has 24 heavy (non-hydrogen) atoms. The van der Waals surface area contributed by atoms with Gasteiger partial charge in [-0.2, -0.15) is 0 Å². The van der Waals surface area contributed by atoms with Crippen molar-refractivity contribution in [3.8, 4) is 0 Å². The van der Waals surface area contributed by atoms with Gasteiger partial charge in [0.25, 0.3) is 0 Å². The lowest BCUT2D eigenvalue weighted by Crippen LogP contribution is -2.36. The van der Waals surface area contributed by atoms with Gasteiger partial charge in [0.05, 0.1) is 13.2 Å². The van der Waals surface area contributed by atoms with Crippen LogP contribution in [0.15, 0.2) is 53.5 Å². The van der Waals surface area contributed by atoms with Crippen molar-refractivity contribution in [3.63, 3.8) is 0 Å². The number of hydrogen-bond acceptors (Lipinski definition) is 2. The normalized spacial score (nSPS) is 10.9. The quantitative estimate of drug-likeness (QED) is 0.365. The van der Waals surface area contributed by atoms with Gasteiger partial charge in [-0.05, 0) is 30.2 Å². The Morgan fingerprint density at radius 2 is 1.83 bits per heavy atom. The fourth-order valence-corrected chi connectivity index (χ4v) is 2.14. The second-order valence-corrected chi connectivity index (χ2v) is 5.12. The molecule has 2 aromatic rings. The number of aliphatic hydroxyl groups excluding tert-OH is 1. The smallest absolute Gasteiger partial charge is 0.191 e. The summed E-state index contributed by atoms with van der Waals surface area (Å²) in [5.74, 6) is 0.306. The van der Waals surface area contributed by atoms with Crippen LogP contribution in [0.2, 0.25) is 0 Å². The van der Waals surface area contributed by atoms with E-state index in [1.54, 1.807) is 12.1 Å². The number of aliphatic hydroxyl groups is 1. The summed E-state index contributed by atoms with van der Waals surface area (Å²) in [5, 5.41) is 15.6. The van der Waals surface area contributed by atoms with E-state index >= 15 is 0 Å². The molecule has 0 heterocycles. The molecule has 0 atom stereocenters. The SMILES string of the molecule is CCNC(=NCc1ccc(F)c(CO)c1)NCc1ccccc1.I. The van der Waals surface area contributed by atoms with E-state index in [9.17, 15) is 4.39 Å². The van der Waals surface area contributed by atoms with Crippen LogP contribution in [-0.2, 0) is 19.7 Å². The van der Waals surface area contributed by atoms with Crippen molar-refractivity contribution >= 4 is 29.9 Å². The first-order valence-electron chi connectivity index (χ1n) is 7.67. The van der Waals surface area contributed by atoms with E-state index in [0.717, 1.165) is 12.1 Å². The zero-order valence-electron chi connectivity index (χ0n) is 13.6. The topological polar surface area (TPSA) is 56.7 Å². The highest BCUT2D eigenvalue weighted by Crippen LogP contribution is 2.11. The summed E-state index contributed by atoms with van der Waals surface area (Å²) in [6.07, 6.45) is 0. The number of benzene rings is 2. The van der Waals surface area contributed by atoms with E-state index < -0.39 is 5.82 Å². The molecule has 130 valence electrons. The summed E-state index contributed by atoms with van der Waals surface area (Å²) in [6, 6.07) is 14.7. The van der Waals surface area contributed by atoms with Crippen molar-refractivity contribution in [3.05, 3.63) is 71.0 Å². The highest BCUT2D eigenvalue weighted by atomic mass is 127. The van der Waals surface area contributed by atoms with Gasteiger partial charge in [0.1, 0.15) is 5.82 Å². The van der Waals surface area contributed by atoms with Crippen molar-refractivity contribution in [2.45, 2.75) is 26.6 Å². The molecule has 4 nitrogen and oxygen atoms in total. The highest BCUT2D eigenvalue weighted by molar-refractivity contribution is 14.0. The molecular formula is C18H23FIN3O. The van der Waals surface area contributed by atoms with Crippen molar-refractivity contribution < 1.29 is 9.50 Å². The number of nitrogens with zero attached hydrogens (tertiary/aromatic N) is 1. The fourth-order valence-electron chi connectivity index (χ4n) is 2.14. The molecule has 6 heteroatoms. The van der Waals surface area contributed by atoms with Crippen molar-refractivity contribution in [1.29, 1.82) is 0 Å².